The zero-order valence-electron chi connectivity index (χ0n) is 16.4. The fourth-order valence-electron chi connectivity index (χ4n) is 2.96. The van der Waals surface area contributed by atoms with E-state index in [1.807, 2.05) is 0 Å². The van der Waals surface area contributed by atoms with E-state index in [0.717, 1.165) is 0 Å². The van der Waals surface area contributed by atoms with Crippen LogP contribution in [0.1, 0.15) is 79.1 Å². The molecule has 3 nitrogen and oxygen atoms in total. The maximum Gasteiger partial charge on any atom is 0.511 e. The molecule has 0 unspecified atom stereocenters. The van der Waals surface area contributed by atoms with Crippen molar-refractivity contribution in [3.8, 4) is 0 Å². The van der Waals surface area contributed by atoms with Crippen molar-refractivity contribution in [3.63, 3.8) is 0 Å². The Hall–Kier alpha value is 0.130. The van der Waals surface area contributed by atoms with E-state index in [9.17, 15) is 21.6 Å². The molecule has 2 N–H and O–H groups in total. The number of primary sulfonamides is 1. The smallest absolute Gasteiger partial charge is 0.221 e. The van der Waals surface area contributed by atoms with Crippen molar-refractivity contribution in [1.29, 1.82) is 0 Å². The number of alkyl halides is 3. The first-order valence-corrected chi connectivity index (χ1v) is 14.0. The van der Waals surface area contributed by atoms with Crippen LogP contribution >= 0.6 is 7.26 Å². The Morgan fingerprint density at radius 2 is 0.920 bits per heavy atom. The van der Waals surface area contributed by atoms with Gasteiger partial charge in [0.2, 0.25) is 0 Å². The maximum absolute atomic E-state index is 10.8. The normalized spacial score (nSPS) is 13.3. The van der Waals surface area contributed by atoms with Crippen LogP contribution < -0.4 is 5.14 Å². The molecule has 0 heterocycles. The molecule has 0 aromatic carbocycles. The van der Waals surface area contributed by atoms with E-state index in [2.05, 4.69) is 32.8 Å². The molecule has 8 heteroatoms. The van der Waals surface area contributed by atoms with Gasteiger partial charge in [-0.25, -0.2) is 13.6 Å². The second kappa shape index (κ2) is 14.2. The molecule has 0 saturated heterocycles. The number of sulfonamides is 1. The third kappa shape index (κ3) is 13.9. The van der Waals surface area contributed by atoms with Crippen molar-refractivity contribution < 1.29 is 21.6 Å². The summed E-state index contributed by atoms with van der Waals surface area (Å²) in [6.07, 6.45) is 18.1. The van der Waals surface area contributed by atoms with Crippen LogP contribution in [0.25, 0.3) is 0 Å². The van der Waals surface area contributed by atoms with Crippen molar-refractivity contribution in [2.45, 2.75) is 84.6 Å². The van der Waals surface area contributed by atoms with Gasteiger partial charge in [-0.15, -0.1) is 0 Å². The average molecular weight is 410 g/mol. The van der Waals surface area contributed by atoms with Crippen LogP contribution in [0.3, 0.4) is 0 Å². The van der Waals surface area contributed by atoms with E-state index < -0.39 is 22.8 Å². The Morgan fingerprint density at radius 3 is 1.04 bits per heavy atom. The van der Waals surface area contributed by atoms with Gasteiger partial charge in [0.05, 0.1) is 0 Å². The van der Waals surface area contributed by atoms with Gasteiger partial charge in [0.15, 0.2) is 0 Å². The van der Waals surface area contributed by atoms with Crippen molar-refractivity contribution >= 4 is 17.3 Å². The number of unbranched alkanes of at least 4 members (excludes halogenated alkanes) is 4. The van der Waals surface area contributed by atoms with Crippen molar-refractivity contribution in [3.05, 3.63) is 0 Å². The van der Waals surface area contributed by atoms with Crippen LogP contribution in [0.2, 0.25) is 0 Å². The summed E-state index contributed by atoms with van der Waals surface area (Å²) >= 11 is 0. The first kappa shape index (κ1) is 27.3. The Morgan fingerprint density at radius 1 is 0.720 bits per heavy atom. The minimum atomic E-state index is -5.34. The van der Waals surface area contributed by atoms with E-state index in [1.165, 1.54) is 51.4 Å². The predicted octanol–water partition coefficient (Wildman–Crippen LogP) is 5.73. The predicted molar refractivity (Wildman–Crippen MR) is 107 cm³/mol. The zero-order chi connectivity index (χ0) is 20.0. The van der Waals surface area contributed by atoms with Crippen molar-refractivity contribution in [1.82, 2.24) is 0 Å². The van der Waals surface area contributed by atoms with E-state index >= 15 is 0 Å². The van der Waals surface area contributed by atoms with Gasteiger partial charge in [-0.3, -0.25) is 0 Å². The molecule has 0 aliphatic carbocycles. The molecule has 0 amide bonds. The Balaban J connectivity index is 0. The first-order valence-electron chi connectivity index (χ1n) is 9.58. The van der Waals surface area contributed by atoms with Gasteiger partial charge in [0, 0.05) is 0 Å². The van der Waals surface area contributed by atoms with E-state index in [0.29, 0.717) is 0 Å². The third-order valence-electron chi connectivity index (χ3n) is 4.57. The van der Waals surface area contributed by atoms with Crippen LogP contribution in [-0.4, -0.2) is 38.6 Å². The van der Waals surface area contributed by atoms with E-state index in [-0.39, 0.29) is 0 Å². The molecule has 0 spiro atoms. The molecule has 0 atom stereocenters. The standard InChI is InChI=1S/C16H37P.CH2F3NO2S/c1-5-9-13-17(14-10-6-2,15-11-7-3)16-12-8-4;2-1(3,4)8(5,6)7/h17H,5-16H2,1-4H3;(H2,5,6,7). The van der Waals surface area contributed by atoms with Crippen LogP contribution in [0.4, 0.5) is 13.2 Å². The van der Waals surface area contributed by atoms with Crippen LogP contribution in [0.5, 0.6) is 0 Å². The fourth-order valence-corrected chi connectivity index (χ4v) is 8.87. The molecule has 25 heavy (non-hydrogen) atoms. The molecule has 0 aromatic rings. The largest absolute Gasteiger partial charge is 0.511 e. The quantitative estimate of drug-likeness (QED) is 0.418. The molecule has 0 bridgehead atoms. The van der Waals surface area contributed by atoms with Crippen molar-refractivity contribution in [2.75, 3.05) is 24.6 Å². The first-order chi connectivity index (χ1) is 11.5. The van der Waals surface area contributed by atoms with E-state index in [4.69, 9.17) is 0 Å². The number of nitrogens with two attached hydrogens (primary N) is 1. The summed E-state index contributed by atoms with van der Waals surface area (Å²) in [4.78, 5) is 0. The van der Waals surface area contributed by atoms with Gasteiger partial charge >= 0.3 is 127 Å². The molecule has 0 aromatic heterocycles. The number of rotatable bonds is 12. The molecule has 0 saturated carbocycles. The SMILES string of the molecule is CCCC[PH](CCCC)(CCCC)CCCC.NS(=O)(=O)C(F)(F)F. The summed E-state index contributed by atoms with van der Waals surface area (Å²) in [5.74, 6) is 0. The number of halogens is 3. The summed E-state index contributed by atoms with van der Waals surface area (Å²) in [5.41, 5.74) is -5.31. The van der Waals surface area contributed by atoms with Crippen LogP contribution in [0, 0.1) is 0 Å². The second-order valence-electron chi connectivity index (χ2n) is 6.90. The van der Waals surface area contributed by atoms with Gasteiger partial charge in [0.25, 0.3) is 0 Å². The van der Waals surface area contributed by atoms with Gasteiger partial charge in [0.1, 0.15) is 0 Å². The second-order valence-corrected chi connectivity index (χ2v) is 13.5. The minimum Gasteiger partial charge on any atom is -0.221 e. The number of hydrogen-bond donors (Lipinski definition) is 1. The monoisotopic (exact) mass is 409 g/mol. The molecule has 0 fully saturated rings. The summed E-state index contributed by atoms with van der Waals surface area (Å²) in [7, 11) is -6.22. The minimum absolute atomic E-state index is 0.879. The zero-order valence-corrected chi connectivity index (χ0v) is 18.2. The Labute approximate surface area is 153 Å². The summed E-state index contributed by atoms with van der Waals surface area (Å²) < 4.78 is 51.2. The molecule has 0 radical (unpaired) electrons. The topological polar surface area (TPSA) is 60.2 Å². The average Bonchev–Trinajstić information content (AvgIpc) is 2.52. The maximum atomic E-state index is 10.8. The molecule has 0 aliphatic rings. The van der Waals surface area contributed by atoms with Gasteiger partial charge in [-0.2, -0.15) is 13.2 Å². The Kier molecular flexibility index (Phi) is 15.6. The van der Waals surface area contributed by atoms with E-state index in [1.54, 1.807) is 24.6 Å². The van der Waals surface area contributed by atoms with Crippen LogP contribution in [0.15, 0.2) is 0 Å². The summed E-state index contributed by atoms with van der Waals surface area (Å²) in [6.45, 7) is 9.44. The molecular formula is C17H39F3NO2PS. The van der Waals surface area contributed by atoms with Gasteiger partial charge in [-0.05, 0) is 0 Å². The van der Waals surface area contributed by atoms with Gasteiger partial charge < -0.3 is 0 Å². The molecule has 0 rings (SSSR count). The third-order valence-corrected chi connectivity index (χ3v) is 10.9. The van der Waals surface area contributed by atoms with Crippen molar-refractivity contribution in [2.24, 2.45) is 5.14 Å². The Bertz CT molecular complexity index is 377. The summed E-state index contributed by atoms with van der Waals surface area (Å²) in [6, 6.07) is 0. The molecular weight excluding hydrogens is 370 g/mol. The number of hydrogen-bond acceptors (Lipinski definition) is 2. The molecule has 0 aliphatic heterocycles. The molecule has 156 valence electrons. The van der Waals surface area contributed by atoms with Crippen LogP contribution in [-0.2, 0) is 10.0 Å². The van der Waals surface area contributed by atoms with Gasteiger partial charge in [-0.1, -0.05) is 0 Å². The summed E-state index contributed by atoms with van der Waals surface area (Å²) in [5, 5.41) is 3.66. The fraction of sp³-hybridized carbons (Fsp3) is 1.00.